The Morgan fingerprint density at radius 3 is 2.72 bits per heavy atom. The highest BCUT2D eigenvalue weighted by molar-refractivity contribution is 5.76. The van der Waals surface area contributed by atoms with Gasteiger partial charge in [0.15, 0.2) is 0 Å². The molecule has 1 amide bonds. The van der Waals surface area contributed by atoms with E-state index in [9.17, 15) is 4.79 Å². The Morgan fingerprint density at radius 1 is 1.22 bits per heavy atom. The molecule has 3 heteroatoms. The number of nitrogens with one attached hydrogen (secondary N) is 1. The highest BCUT2D eigenvalue weighted by Crippen LogP contribution is 2.12. The summed E-state index contributed by atoms with van der Waals surface area (Å²) in [6.45, 7) is 2.98. The van der Waals surface area contributed by atoms with Gasteiger partial charge in [-0.3, -0.25) is 4.79 Å². The molecule has 3 nitrogen and oxygen atoms in total. The average molecular weight is 248 g/mol. The van der Waals surface area contributed by atoms with Gasteiger partial charge in [-0.05, 0) is 24.5 Å². The summed E-state index contributed by atoms with van der Waals surface area (Å²) in [6, 6.07) is 7.71. The Balaban J connectivity index is 2.15. The predicted octanol–water partition coefficient (Wildman–Crippen LogP) is 2.90. The van der Waals surface area contributed by atoms with Gasteiger partial charge < -0.3 is 11.1 Å². The Labute approximate surface area is 110 Å². The number of para-hydroxylation sites is 1. The maximum atomic E-state index is 11.6. The number of amides is 1. The van der Waals surface area contributed by atoms with Crippen LogP contribution in [0, 0.1) is 0 Å². The van der Waals surface area contributed by atoms with Crippen molar-refractivity contribution in [1.82, 2.24) is 5.32 Å². The van der Waals surface area contributed by atoms with E-state index in [-0.39, 0.29) is 5.91 Å². The highest BCUT2D eigenvalue weighted by atomic mass is 16.1. The summed E-state index contributed by atoms with van der Waals surface area (Å²) in [6.07, 6.45) is 5.97. The molecule has 1 aromatic carbocycles. The maximum Gasteiger partial charge on any atom is 0.220 e. The summed E-state index contributed by atoms with van der Waals surface area (Å²) in [7, 11) is 0. The van der Waals surface area contributed by atoms with Crippen LogP contribution in [0.4, 0.5) is 5.69 Å². The van der Waals surface area contributed by atoms with E-state index in [1.54, 1.807) is 0 Å². The van der Waals surface area contributed by atoms with Gasteiger partial charge in [-0.2, -0.15) is 0 Å². The summed E-state index contributed by atoms with van der Waals surface area (Å²) < 4.78 is 0. The molecule has 18 heavy (non-hydrogen) atoms. The Bertz CT molecular complexity index is 363. The van der Waals surface area contributed by atoms with Crippen molar-refractivity contribution in [3.63, 3.8) is 0 Å². The first-order valence-electron chi connectivity index (χ1n) is 6.84. The molecule has 0 aromatic heterocycles. The van der Waals surface area contributed by atoms with Crippen LogP contribution in [0.1, 0.15) is 44.6 Å². The first kappa shape index (κ1) is 14.6. The summed E-state index contributed by atoms with van der Waals surface area (Å²) in [5, 5.41) is 2.95. The minimum absolute atomic E-state index is 0.120. The molecule has 0 fully saturated rings. The molecular formula is C15H24N2O. The number of benzene rings is 1. The lowest BCUT2D eigenvalue weighted by molar-refractivity contribution is -0.121. The van der Waals surface area contributed by atoms with Gasteiger partial charge in [-0.1, -0.05) is 44.4 Å². The van der Waals surface area contributed by atoms with Crippen molar-refractivity contribution >= 4 is 11.6 Å². The predicted molar refractivity (Wildman–Crippen MR) is 76.3 cm³/mol. The van der Waals surface area contributed by atoms with Crippen LogP contribution in [0.2, 0.25) is 0 Å². The maximum absolute atomic E-state index is 11.6. The molecular weight excluding hydrogens is 224 g/mol. The van der Waals surface area contributed by atoms with Gasteiger partial charge in [0.05, 0.1) is 0 Å². The van der Waals surface area contributed by atoms with Crippen LogP contribution in [0.15, 0.2) is 24.3 Å². The summed E-state index contributed by atoms with van der Waals surface area (Å²) in [4.78, 5) is 11.6. The number of hydrogen-bond donors (Lipinski definition) is 2. The fraction of sp³-hybridized carbons (Fsp3) is 0.533. The monoisotopic (exact) mass is 248 g/mol. The van der Waals surface area contributed by atoms with Gasteiger partial charge in [0.25, 0.3) is 0 Å². The van der Waals surface area contributed by atoms with Crippen molar-refractivity contribution in [3.8, 4) is 0 Å². The number of aryl methyl sites for hydroxylation is 1. The van der Waals surface area contributed by atoms with Crippen molar-refractivity contribution in [2.75, 3.05) is 12.3 Å². The van der Waals surface area contributed by atoms with Gasteiger partial charge in [0.2, 0.25) is 5.91 Å². The largest absolute Gasteiger partial charge is 0.399 e. The Hall–Kier alpha value is -1.51. The fourth-order valence-electron chi connectivity index (χ4n) is 1.88. The van der Waals surface area contributed by atoms with E-state index in [4.69, 9.17) is 5.73 Å². The highest BCUT2D eigenvalue weighted by Gasteiger charge is 2.03. The molecule has 0 aliphatic rings. The molecule has 0 radical (unpaired) electrons. The van der Waals surface area contributed by atoms with Crippen LogP contribution < -0.4 is 11.1 Å². The second-order valence-electron chi connectivity index (χ2n) is 4.61. The van der Waals surface area contributed by atoms with Crippen LogP contribution in [-0.4, -0.2) is 12.5 Å². The van der Waals surface area contributed by atoms with Crippen LogP contribution in [0.5, 0.6) is 0 Å². The van der Waals surface area contributed by atoms with Crippen LogP contribution in [0.25, 0.3) is 0 Å². The van der Waals surface area contributed by atoms with Crippen molar-refractivity contribution in [1.29, 1.82) is 0 Å². The number of carbonyl (C=O) groups is 1. The van der Waals surface area contributed by atoms with E-state index < -0.39 is 0 Å². The number of hydrogen-bond acceptors (Lipinski definition) is 2. The molecule has 0 bridgehead atoms. The SMILES string of the molecule is CCCCCCNC(=O)CCc1ccccc1N. The molecule has 1 aromatic rings. The Kier molecular flexibility index (Phi) is 6.92. The van der Waals surface area contributed by atoms with Crippen LogP contribution in [-0.2, 0) is 11.2 Å². The van der Waals surface area contributed by atoms with E-state index in [0.29, 0.717) is 12.8 Å². The topological polar surface area (TPSA) is 55.1 Å². The van der Waals surface area contributed by atoms with Gasteiger partial charge in [0, 0.05) is 18.7 Å². The van der Waals surface area contributed by atoms with Crippen molar-refractivity contribution < 1.29 is 4.79 Å². The molecule has 0 heterocycles. The quantitative estimate of drug-likeness (QED) is 0.549. The second kappa shape index (κ2) is 8.56. The van der Waals surface area contributed by atoms with Gasteiger partial charge in [-0.15, -0.1) is 0 Å². The normalized spacial score (nSPS) is 10.3. The zero-order chi connectivity index (χ0) is 13.2. The second-order valence-corrected chi connectivity index (χ2v) is 4.61. The number of rotatable bonds is 8. The lowest BCUT2D eigenvalue weighted by atomic mass is 10.1. The lowest BCUT2D eigenvalue weighted by Gasteiger charge is -2.06. The molecule has 3 N–H and O–H groups in total. The molecule has 0 aliphatic heterocycles. The third-order valence-electron chi connectivity index (χ3n) is 3.03. The van der Waals surface area contributed by atoms with Crippen LogP contribution >= 0.6 is 0 Å². The third-order valence-corrected chi connectivity index (χ3v) is 3.03. The van der Waals surface area contributed by atoms with E-state index in [1.165, 1.54) is 19.3 Å². The molecule has 0 aliphatic carbocycles. The zero-order valence-electron chi connectivity index (χ0n) is 11.2. The summed E-state index contributed by atoms with van der Waals surface area (Å²) >= 11 is 0. The fourth-order valence-corrected chi connectivity index (χ4v) is 1.88. The number of carbonyl (C=O) groups excluding carboxylic acids is 1. The number of nitrogens with two attached hydrogens (primary N) is 1. The van der Waals surface area contributed by atoms with E-state index in [1.807, 2.05) is 24.3 Å². The first-order chi connectivity index (χ1) is 8.74. The van der Waals surface area contributed by atoms with Crippen molar-refractivity contribution in [2.45, 2.75) is 45.4 Å². The molecule has 0 saturated carbocycles. The van der Waals surface area contributed by atoms with E-state index >= 15 is 0 Å². The average Bonchev–Trinajstić information content (AvgIpc) is 2.37. The summed E-state index contributed by atoms with van der Waals surface area (Å²) in [5.41, 5.74) is 7.66. The lowest BCUT2D eigenvalue weighted by Crippen LogP contribution is -2.24. The molecule has 1 rings (SSSR count). The van der Waals surface area contributed by atoms with E-state index in [2.05, 4.69) is 12.2 Å². The minimum Gasteiger partial charge on any atom is -0.399 e. The first-order valence-corrected chi connectivity index (χ1v) is 6.84. The molecule has 0 atom stereocenters. The van der Waals surface area contributed by atoms with Gasteiger partial charge in [0.1, 0.15) is 0 Å². The van der Waals surface area contributed by atoms with Crippen molar-refractivity contribution in [2.24, 2.45) is 0 Å². The van der Waals surface area contributed by atoms with Crippen LogP contribution in [0.3, 0.4) is 0 Å². The zero-order valence-corrected chi connectivity index (χ0v) is 11.2. The van der Waals surface area contributed by atoms with Crippen molar-refractivity contribution in [3.05, 3.63) is 29.8 Å². The molecule has 0 spiro atoms. The molecule has 0 saturated heterocycles. The minimum atomic E-state index is 0.120. The van der Waals surface area contributed by atoms with Gasteiger partial charge >= 0.3 is 0 Å². The Morgan fingerprint density at radius 2 is 2.00 bits per heavy atom. The molecule has 0 unspecified atom stereocenters. The third kappa shape index (κ3) is 5.71. The number of unbranched alkanes of at least 4 members (excludes halogenated alkanes) is 3. The van der Waals surface area contributed by atoms with E-state index in [0.717, 1.165) is 24.2 Å². The smallest absolute Gasteiger partial charge is 0.220 e. The van der Waals surface area contributed by atoms with Gasteiger partial charge in [-0.25, -0.2) is 0 Å². The summed E-state index contributed by atoms with van der Waals surface area (Å²) in [5.74, 6) is 0.120. The number of nitrogen functional groups attached to an aromatic ring is 1. The molecule has 100 valence electrons. The standard InChI is InChI=1S/C15H24N2O/c1-2-3-4-7-12-17-15(18)11-10-13-8-5-6-9-14(13)16/h5-6,8-9H,2-4,7,10-12,16H2,1H3,(H,17,18). The number of anilines is 1.